The minimum atomic E-state index is -2.91. The van der Waals surface area contributed by atoms with Gasteiger partial charge in [0.15, 0.2) is 5.54 Å². The van der Waals surface area contributed by atoms with Crippen molar-refractivity contribution in [2.75, 3.05) is 13.2 Å². The third-order valence-electron chi connectivity index (χ3n) is 2.53. The fourth-order valence-corrected chi connectivity index (χ4v) is 2.28. The van der Waals surface area contributed by atoms with E-state index in [1.807, 2.05) is 0 Å². The number of pyridine rings is 1. The molecule has 1 aliphatic heterocycles. The Balaban J connectivity index is 2.53. The van der Waals surface area contributed by atoms with E-state index >= 15 is 0 Å². The first kappa shape index (κ1) is 13.7. The molecule has 1 saturated heterocycles. The molecule has 18 heavy (non-hydrogen) atoms. The maximum atomic E-state index is 13.7. The fourth-order valence-electron chi connectivity index (χ4n) is 1.71. The van der Waals surface area contributed by atoms with Crippen molar-refractivity contribution >= 4 is 33.1 Å². The molecule has 0 amide bonds. The Hall–Kier alpha value is -0.730. The summed E-state index contributed by atoms with van der Waals surface area (Å²) >= 11 is 7.85. The van der Waals surface area contributed by atoms with E-state index in [9.17, 15) is 13.2 Å². The molecule has 0 bridgehead atoms. The molecule has 0 aliphatic carbocycles. The van der Waals surface area contributed by atoms with Crippen molar-refractivity contribution in [1.82, 2.24) is 10.3 Å². The number of alkyl halides is 2. The van der Waals surface area contributed by atoms with Crippen LogP contribution in [0.2, 0.25) is 0 Å². The lowest BCUT2D eigenvalue weighted by Crippen LogP contribution is -2.59. The van der Waals surface area contributed by atoms with E-state index in [0.29, 0.717) is 0 Å². The standard InChI is InChI=1S/C10H8BrF3N2OS/c11-6-2-1-5(12)8(15-6)10(9(13)14)4-17-3-7(18)16-10/h1-2,9H,3-4H2,(H,16,18)/t10-/m0/s1. The van der Waals surface area contributed by atoms with Crippen LogP contribution in [-0.4, -0.2) is 29.6 Å². The van der Waals surface area contributed by atoms with Crippen molar-refractivity contribution in [3.8, 4) is 0 Å². The maximum absolute atomic E-state index is 13.7. The molecule has 2 rings (SSSR count). The lowest BCUT2D eigenvalue weighted by atomic mass is 9.94. The van der Waals surface area contributed by atoms with Gasteiger partial charge >= 0.3 is 0 Å². The summed E-state index contributed by atoms with van der Waals surface area (Å²) in [5.74, 6) is -0.834. The number of ether oxygens (including phenoxy) is 1. The average molecular weight is 341 g/mol. The highest BCUT2D eigenvalue weighted by Crippen LogP contribution is 2.32. The van der Waals surface area contributed by atoms with Crippen LogP contribution in [0.3, 0.4) is 0 Å². The molecule has 0 unspecified atom stereocenters. The van der Waals surface area contributed by atoms with Crippen molar-refractivity contribution in [1.29, 1.82) is 0 Å². The van der Waals surface area contributed by atoms with E-state index in [4.69, 9.17) is 17.0 Å². The molecule has 2 heterocycles. The van der Waals surface area contributed by atoms with Gasteiger partial charge in [0, 0.05) is 0 Å². The van der Waals surface area contributed by atoms with Gasteiger partial charge < -0.3 is 10.1 Å². The molecule has 1 aromatic rings. The highest BCUT2D eigenvalue weighted by atomic mass is 79.9. The second-order valence-electron chi connectivity index (χ2n) is 3.78. The first-order valence-corrected chi connectivity index (χ1v) is 6.15. The van der Waals surface area contributed by atoms with Crippen LogP contribution in [0.4, 0.5) is 13.2 Å². The molecular formula is C10H8BrF3N2OS. The Kier molecular flexibility index (Phi) is 3.88. The lowest BCUT2D eigenvalue weighted by molar-refractivity contribution is -0.0344. The number of nitrogens with one attached hydrogen (secondary N) is 1. The van der Waals surface area contributed by atoms with E-state index in [0.717, 1.165) is 6.07 Å². The number of hydrogen-bond acceptors (Lipinski definition) is 3. The number of aromatic nitrogens is 1. The third kappa shape index (κ3) is 2.36. The summed E-state index contributed by atoms with van der Waals surface area (Å²) in [5.41, 5.74) is -2.45. The largest absolute Gasteiger partial charge is 0.371 e. The SMILES string of the molecule is Fc1ccc(Br)nc1[C@]1(C(F)F)COCC(=S)N1. The second-order valence-corrected chi connectivity index (χ2v) is 5.08. The zero-order valence-electron chi connectivity index (χ0n) is 8.92. The molecule has 1 aromatic heterocycles. The molecule has 1 atom stereocenters. The Morgan fingerprint density at radius 3 is 2.83 bits per heavy atom. The fraction of sp³-hybridized carbons (Fsp3) is 0.400. The van der Waals surface area contributed by atoms with Crippen molar-refractivity contribution in [2.24, 2.45) is 0 Å². The van der Waals surface area contributed by atoms with Gasteiger partial charge in [-0.25, -0.2) is 18.2 Å². The van der Waals surface area contributed by atoms with E-state index in [2.05, 4.69) is 26.2 Å². The van der Waals surface area contributed by atoms with Crippen LogP contribution in [0.5, 0.6) is 0 Å². The monoisotopic (exact) mass is 340 g/mol. The summed E-state index contributed by atoms with van der Waals surface area (Å²) < 4.78 is 45.6. The highest BCUT2D eigenvalue weighted by Gasteiger charge is 2.48. The third-order valence-corrected chi connectivity index (χ3v) is 3.19. The lowest BCUT2D eigenvalue weighted by Gasteiger charge is -2.37. The van der Waals surface area contributed by atoms with Crippen molar-refractivity contribution in [2.45, 2.75) is 12.0 Å². The van der Waals surface area contributed by atoms with Crippen LogP contribution in [0, 0.1) is 5.82 Å². The van der Waals surface area contributed by atoms with Crippen LogP contribution >= 0.6 is 28.1 Å². The number of nitrogens with zero attached hydrogens (tertiary/aromatic N) is 1. The highest BCUT2D eigenvalue weighted by molar-refractivity contribution is 9.10. The van der Waals surface area contributed by atoms with Gasteiger partial charge in [0.1, 0.15) is 21.1 Å². The van der Waals surface area contributed by atoms with Crippen molar-refractivity contribution in [3.63, 3.8) is 0 Å². The van der Waals surface area contributed by atoms with E-state index in [1.165, 1.54) is 6.07 Å². The molecule has 98 valence electrons. The van der Waals surface area contributed by atoms with E-state index in [1.54, 1.807) is 0 Å². The molecule has 1 fully saturated rings. The van der Waals surface area contributed by atoms with Crippen molar-refractivity contribution in [3.05, 3.63) is 28.2 Å². The molecule has 1 N–H and O–H groups in total. The van der Waals surface area contributed by atoms with Gasteiger partial charge in [0.25, 0.3) is 6.43 Å². The van der Waals surface area contributed by atoms with Gasteiger partial charge in [-0.15, -0.1) is 0 Å². The minimum Gasteiger partial charge on any atom is -0.371 e. The van der Waals surface area contributed by atoms with Crippen LogP contribution in [-0.2, 0) is 10.3 Å². The summed E-state index contributed by atoms with van der Waals surface area (Å²) in [6, 6.07) is 2.40. The molecule has 0 spiro atoms. The predicted molar refractivity (Wildman–Crippen MR) is 66.1 cm³/mol. The van der Waals surface area contributed by atoms with Crippen LogP contribution in [0.25, 0.3) is 0 Å². The van der Waals surface area contributed by atoms with Crippen molar-refractivity contribution < 1.29 is 17.9 Å². The summed E-state index contributed by atoms with van der Waals surface area (Å²) in [5, 5.41) is 2.45. The summed E-state index contributed by atoms with van der Waals surface area (Å²) in [6.45, 7) is -0.357. The summed E-state index contributed by atoms with van der Waals surface area (Å²) in [6.07, 6.45) is -2.91. The Morgan fingerprint density at radius 1 is 1.50 bits per heavy atom. The number of halogens is 4. The number of morpholine rings is 1. The molecular weight excluding hydrogens is 333 g/mol. The normalized spacial score (nSPS) is 24.2. The Bertz CT molecular complexity index is 488. The maximum Gasteiger partial charge on any atom is 0.269 e. The molecule has 3 nitrogen and oxygen atoms in total. The van der Waals surface area contributed by atoms with Crippen LogP contribution in [0.1, 0.15) is 5.69 Å². The average Bonchev–Trinajstić information content (AvgIpc) is 2.32. The van der Waals surface area contributed by atoms with Gasteiger partial charge in [0.05, 0.1) is 13.2 Å². The van der Waals surface area contributed by atoms with Crippen LogP contribution < -0.4 is 5.32 Å². The Labute approximate surface area is 115 Å². The van der Waals surface area contributed by atoms with Gasteiger partial charge in [-0.05, 0) is 28.1 Å². The number of rotatable bonds is 2. The smallest absolute Gasteiger partial charge is 0.269 e. The van der Waals surface area contributed by atoms with Gasteiger partial charge in [-0.2, -0.15) is 0 Å². The zero-order valence-corrected chi connectivity index (χ0v) is 11.3. The quantitative estimate of drug-likeness (QED) is 0.662. The van der Waals surface area contributed by atoms with Gasteiger partial charge in [0.2, 0.25) is 0 Å². The first-order valence-electron chi connectivity index (χ1n) is 4.95. The molecule has 0 saturated carbocycles. The summed E-state index contributed by atoms with van der Waals surface area (Å²) in [4.78, 5) is 3.88. The number of hydrogen-bond donors (Lipinski definition) is 1. The molecule has 0 aromatic carbocycles. The minimum absolute atomic E-state index is 0.0411. The molecule has 8 heteroatoms. The topological polar surface area (TPSA) is 34.1 Å². The van der Waals surface area contributed by atoms with Gasteiger partial charge in [-0.3, -0.25) is 0 Å². The Morgan fingerprint density at radius 2 is 2.22 bits per heavy atom. The second kappa shape index (κ2) is 5.10. The molecule has 1 aliphatic rings. The van der Waals surface area contributed by atoms with Gasteiger partial charge in [-0.1, -0.05) is 12.2 Å². The predicted octanol–water partition coefficient (Wildman–Crippen LogP) is 2.39. The summed E-state index contributed by atoms with van der Waals surface area (Å²) in [7, 11) is 0. The zero-order chi connectivity index (χ0) is 13.3. The first-order chi connectivity index (χ1) is 8.45. The van der Waals surface area contributed by atoms with E-state index in [-0.39, 0.29) is 16.2 Å². The van der Waals surface area contributed by atoms with Crippen LogP contribution in [0.15, 0.2) is 16.7 Å². The van der Waals surface area contributed by atoms with E-state index < -0.39 is 30.1 Å². The molecule has 0 radical (unpaired) electrons. The number of thiocarbonyl (C=S) groups is 1.